The van der Waals surface area contributed by atoms with Crippen LogP contribution in [0.1, 0.15) is 91.9 Å². The average Bonchev–Trinajstić information content (AvgIpc) is 2.86. The van der Waals surface area contributed by atoms with Gasteiger partial charge in [0.1, 0.15) is 0 Å². The van der Waals surface area contributed by atoms with Crippen molar-refractivity contribution in [3.8, 4) is 0 Å². The van der Waals surface area contributed by atoms with Crippen molar-refractivity contribution in [1.82, 2.24) is 5.32 Å². The number of hydrogen-bond donors (Lipinski definition) is 1. The summed E-state index contributed by atoms with van der Waals surface area (Å²) in [5, 5.41) is 4.26. The van der Waals surface area contributed by atoms with Crippen LogP contribution < -0.4 is 5.32 Å². The zero-order chi connectivity index (χ0) is 13.9. The van der Waals surface area contributed by atoms with Gasteiger partial charge in [-0.3, -0.25) is 0 Å². The molecule has 0 aliphatic carbocycles. The molecule has 1 nitrogen and oxygen atoms in total. The molecule has 0 amide bonds. The van der Waals surface area contributed by atoms with E-state index in [0.29, 0.717) is 11.1 Å². The Morgan fingerprint density at radius 1 is 0.737 bits per heavy atom. The van der Waals surface area contributed by atoms with Gasteiger partial charge in [0.2, 0.25) is 0 Å². The summed E-state index contributed by atoms with van der Waals surface area (Å²) in [6, 6.07) is 0. The van der Waals surface area contributed by atoms with Gasteiger partial charge in [0.15, 0.2) is 0 Å². The lowest BCUT2D eigenvalue weighted by Gasteiger charge is -2.42. The Morgan fingerprint density at radius 2 is 1.16 bits per heavy atom. The summed E-state index contributed by atoms with van der Waals surface area (Å²) in [5.74, 6) is 1.66. The highest BCUT2D eigenvalue weighted by molar-refractivity contribution is 5.10. The molecule has 2 aliphatic rings. The average molecular weight is 265 g/mol. The van der Waals surface area contributed by atoms with Crippen molar-refractivity contribution in [1.29, 1.82) is 0 Å². The van der Waals surface area contributed by atoms with E-state index in [4.69, 9.17) is 0 Å². The van der Waals surface area contributed by atoms with E-state index in [2.05, 4.69) is 33.0 Å². The second-order valence-electron chi connectivity index (χ2n) is 7.47. The molecule has 2 rings (SSSR count). The summed E-state index contributed by atoms with van der Waals surface area (Å²) in [7, 11) is 0. The van der Waals surface area contributed by atoms with Crippen LogP contribution in [0.15, 0.2) is 0 Å². The lowest BCUT2D eigenvalue weighted by atomic mass is 9.77. The molecule has 112 valence electrons. The van der Waals surface area contributed by atoms with Crippen LogP contribution in [0.3, 0.4) is 0 Å². The molecular formula is C18H35N. The summed E-state index contributed by atoms with van der Waals surface area (Å²) >= 11 is 0. The molecule has 1 heteroatoms. The Hall–Kier alpha value is -0.0400. The molecule has 2 saturated heterocycles. The second kappa shape index (κ2) is 6.16. The highest BCUT2D eigenvalue weighted by Crippen LogP contribution is 2.47. The van der Waals surface area contributed by atoms with E-state index in [-0.39, 0.29) is 0 Å². The van der Waals surface area contributed by atoms with Gasteiger partial charge in [-0.25, -0.2) is 0 Å². The normalized spacial score (nSPS) is 39.2. The predicted molar refractivity (Wildman–Crippen MR) is 84.4 cm³/mol. The summed E-state index contributed by atoms with van der Waals surface area (Å²) < 4.78 is 0. The Kier molecular flexibility index (Phi) is 4.98. The minimum absolute atomic E-state index is 0.461. The van der Waals surface area contributed by atoms with Crippen LogP contribution in [-0.2, 0) is 0 Å². The van der Waals surface area contributed by atoms with Gasteiger partial charge < -0.3 is 5.32 Å². The van der Waals surface area contributed by atoms with Gasteiger partial charge in [0, 0.05) is 11.1 Å². The van der Waals surface area contributed by atoms with E-state index in [1.165, 1.54) is 64.2 Å². The Bertz CT molecular complexity index is 259. The summed E-state index contributed by atoms with van der Waals surface area (Å²) in [6.07, 6.45) is 14.1. The van der Waals surface area contributed by atoms with Crippen molar-refractivity contribution >= 4 is 0 Å². The van der Waals surface area contributed by atoms with E-state index < -0.39 is 0 Å². The molecule has 2 bridgehead atoms. The Morgan fingerprint density at radius 3 is 1.53 bits per heavy atom. The Labute approximate surface area is 120 Å². The van der Waals surface area contributed by atoms with E-state index in [1.54, 1.807) is 0 Å². The van der Waals surface area contributed by atoms with Crippen molar-refractivity contribution in [3.63, 3.8) is 0 Å². The fraction of sp³-hybridized carbons (Fsp3) is 1.00. The van der Waals surface area contributed by atoms with E-state index in [1.807, 2.05) is 0 Å². The van der Waals surface area contributed by atoms with Crippen LogP contribution in [0, 0.1) is 11.8 Å². The van der Waals surface area contributed by atoms with Crippen molar-refractivity contribution in [3.05, 3.63) is 0 Å². The summed E-state index contributed by atoms with van der Waals surface area (Å²) in [5.41, 5.74) is 0.922. The number of hydrogen-bond acceptors (Lipinski definition) is 1. The smallest absolute Gasteiger partial charge is 0.0212 e. The van der Waals surface area contributed by atoms with Gasteiger partial charge in [0.05, 0.1) is 0 Å². The van der Waals surface area contributed by atoms with Gasteiger partial charge in [-0.05, 0) is 37.5 Å². The molecule has 1 N–H and O–H groups in total. The molecule has 0 saturated carbocycles. The second-order valence-corrected chi connectivity index (χ2v) is 7.47. The quantitative estimate of drug-likeness (QED) is 0.728. The molecule has 4 unspecified atom stereocenters. The maximum absolute atomic E-state index is 4.26. The number of fused-ring (bicyclic) bond motifs is 2. The molecule has 2 fully saturated rings. The maximum atomic E-state index is 4.26. The zero-order valence-corrected chi connectivity index (χ0v) is 13.7. The SMILES string of the molecule is CCC(C)C12CCCCCCC(C(C)CC)(CC1)N2. The number of nitrogens with one attached hydrogen (secondary N) is 1. The van der Waals surface area contributed by atoms with Gasteiger partial charge >= 0.3 is 0 Å². The van der Waals surface area contributed by atoms with Gasteiger partial charge in [0.25, 0.3) is 0 Å². The van der Waals surface area contributed by atoms with Crippen LogP contribution in [0.25, 0.3) is 0 Å². The minimum Gasteiger partial charge on any atom is -0.305 e. The lowest BCUT2D eigenvalue weighted by molar-refractivity contribution is 0.156. The van der Waals surface area contributed by atoms with Gasteiger partial charge in [-0.15, -0.1) is 0 Å². The highest BCUT2D eigenvalue weighted by atomic mass is 15.1. The topological polar surface area (TPSA) is 12.0 Å². The standard InChI is InChI=1S/C18H35N/c1-5-15(3)17-11-9-7-8-10-12-18(19-17,14-13-17)16(4)6-2/h15-16,19H,5-14H2,1-4H3. The van der Waals surface area contributed by atoms with Crippen LogP contribution in [0.4, 0.5) is 0 Å². The fourth-order valence-electron chi connectivity index (χ4n) is 4.69. The van der Waals surface area contributed by atoms with Crippen molar-refractivity contribution in [2.24, 2.45) is 11.8 Å². The monoisotopic (exact) mass is 265 g/mol. The zero-order valence-electron chi connectivity index (χ0n) is 13.7. The summed E-state index contributed by atoms with van der Waals surface area (Å²) in [6.45, 7) is 9.71. The molecule has 0 aromatic heterocycles. The minimum atomic E-state index is 0.461. The first-order valence-electron chi connectivity index (χ1n) is 8.88. The first kappa shape index (κ1) is 15.4. The van der Waals surface area contributed by atoms with E-state index in [9.17, 15) is 0 Å². The van der Waals surface area contributed by atoms with E-state index >= 15 is 0 Å². The first-order chi connectivity index (χ1) is 9.08. The third kappa shape index (κ3) is 2.86. The van der Waals surface area contributed by atoms with Crippen LogP contribution in [0.2, 0.25) is 0 Å². The van der Waals surface area contributed by atoms with Gasteiger partial charge in [-0.2, -0.15) is 0 Å². The molecule has 0 aromatic carbocycles. The molecule has 0 aromatic rings. The van der Waals surface area contributed by atoms with Crippen molar-refractivity contribution < 1.29 is 0 Å². The third-order valence-electron chi connectivity index (χ3n) is 6.62. The van der Waals surface area contributed by atoms with Crippen molar-refractivity contribution in [2.45, 2.75) is 103 Å². The largest absolute Gasteiger partial charge is 0.305 e. The number of rotatable bonds is 4. The predicted octanol–water partition coefficient (Wildman–Crippen LogP) is 5.29. The maximum Gasteiger partial charge on any atom is 0.0212 e. The Balaban J connectivity index is 2.25. The van der Waals surface area contributed by atoms with Crippen molar-refractivity contribution in [2.75, 3.05) is 0 Å². The molecule has 0 radical (unpaired) electrons. The molecule has 2 aliphatic heterocycles. The highest BCUT2D eigenvalue weighted by Gasteiger charge is 2.50. The first-order valence-corrected chi connectivity index (χ1v) is 8.88. The molecule has 2 heterocycles. The van der Waals surface area contributed by atoms with Crippen LogP contribution in [0.5, 0.6) is 0 Å². The molecule has 0 spiro atoms. The van der Waals surface area contributed by atoms with Crippen LogP contribution >= 0.6 is 0 Å². The molecule has 19 heavy (non-hydrogen) atoms. The van der Waals surface area contributed by atoms with Gasteiger partial charge in [-0.1, -0.05) is 66.2 Å². The molecule has 4 atom stereocenters. The third-order valence-corrected chi connectivity index (χ3v) is 6.62. The summed E-state index contributed by atoms with van der Waals surface area (Å²) in [4.78, 5) is 0. The molecular weight excluding hydrogens is 230 g/mol. The fourth-order valence-corrected chi connectivity index (χ4v) is 4.69. The van der Waals surface area contributed by atoms with Crippen LogP contribution in [-0.4, -0.2) is 11.1 Å². The van der Waals surface area contributed by atoms with E-state index in [0.717, 1.165) is 11.8 Å². The lowest BCUT2D eigenvalue weighted by Crippen LogP contribution is -2.56.